The summed E-state index contributed by atoms with van der Waals surface area (Å²) >= 11 is 0.414. The molecular weight excluding hydrogens is 185 g/mol. The van der Waals surface area contributed by atoms with E-state index in [1.54, 1.807) is 0 Å². The van der Waals surface area contributed by atoms with Crippen molar-refractivity contribution in [1.82, 2.24) is 0 Å². The van der Waals surface area contributed by atoms with E-state index in [9.17, 15) is 4.79 Å². The van der Waals surface area contributed by atoms with Gasteiger partial charge < -0.3 is 0 Å². The Kier molecular flexibility index (Phi) is 4.77. The predicted molar refractivity (Wildman–Crippen MR) is 36.7 cm³/mol. The summed E-state index contributed by atoms with van der Waals surface area (Å²) in [6.07, 6.45) is 0. The molecule has 0 bridgehead atoms. The zero-order valence-corrected chi connectivity index (χ0v) is 7.05. The monoisotopic (exact) mass is 197 g/mol. The molecule has 0 saturated heterocycles. The van der Waals surface area contributed by atoms with Crippen molar-refractivity contribution < 1.29 is 9.90 Å². The van der Waals surface area contributed by atoms with Crippen LogP contribution in [0.4, 0.5) is 0 Å². The molecule has 54 valence electrons. The average molecular weight is 196 g/mol. The molecule has 0 saturated carbocycles. The number of nitrogens with two attached hydrogens (primary N) is 1. The summed E-state index contributed by atoms with van der Waals surface area (Å²) < 4.78 is 0. The molecule has 0 heterocycles. The van der Waals surface area contributed by atoms with Gasteiger partial charge in [0.2, 0.25) is 0 Å². The van der Waals surface area contributed by atoms with Gasteiger partial charge in [0.25, 0.3) is 0 Å². The van der Waals surface area contributed by atoms with E-state index in [0.717, 1.165) is 5.32 Å². The van der Waals surface area contributed by atoms with E-state index in [4.69, 9.17) is 10.8 Å². The maximum absolute atomic E-state index is 10.1. The van der Waals surface area contributed by atoms with Crippen LogP contribution in [-0.4, -0.2) is 32.1 Å². The zero-order chi connectivity index (χ0) is 7.28. The summed E-state index contributed by atoms with van der Waals surface area (Å²) in [5, 5.41) is 10.0. The minimum absolute atomic E-state index is 0.414. The molecule has 0 aromatic heterocycles. The van der Waals surface area contributed by atoms with Crippen LogP contribution in [0.2, 0.25) is 10.6 Å². The number of carboxylic acid groups (broad SMARTS) is 1. The van der Waals surface area contributed by atoms with Crippen molar-refractivity contribution in [2.45, 2.75) is 23.6 Å². The fourth-order valence-electron chi connectivity index (χ4n) is 0.316. The Balaban J connectivity index is 3.27. The quantitative estimate of drug-likeness (QED) is 0.620. The van der Waals surface area contributed by atoms with E-state index in [1.165, 1.54) is 0 Å². The van der Waals surface area contributed by atoms with Crippen LogP contribution in [0.3, 0.4) is 0 Å². The Hall–Kier alpha value is -0.0505. The molecule has 4 heteroatoms. The summed E-state index contributed by atoms with van der Waals surface area (Å²) in [6, 6.07) is -0.634. The number of hydrogen-bond donors (Lipinski definition) is 2. The molecule has 1 atom stereocenters. The summed E-state index contributed by atoms with van der Waals surface area (Å²) in [6.45, 7) is 2.04. The third kappa shape index (κ3) is 4.45. The second kappa shape index (κ2) is 4.79. The number of aliphatic carboxylic acids is 1. The molecule has 0 rings (SSSR count). The van der Waals surface area contributed by atoms with Crippen LogP contribution >= 0.6 is 0 Å². The van der Waals surface area contributed by atoms with Gasteiger partial charge in [0.15, 0.2) is 0 Å². The van der Waals surface area contributed by atoms with E-state index >= 15 is 0 Å². The van der Waals surface area contributed by atoms with Crippen LogP contribution in [0.1, 0.15) is 6.92 Å². The van der Waals surface area contributed by atoms with Gasteiger partial charge in [-0.15, -0.1) is 0 Å². The number of hydrogen-bond acceptors (Lipinski definition) is 2. The first-order valence-electron chi connectivity index (χ1n) is 2.74. The van der Waals surface area contributed by atoms with E-state index in [-0.39, 0.29) is 0 Å². The molecule has 3 N–H and O–H groups in total. The Morgan fingerprint density at radius 2 is 2.44 bits per heavy atom. The Morgan fingerprint density at radius 1 is 1.89 bits per heavy atom. The molecule has 0 aliphatic heterocycles. The normalized spacial score (nSPS) is 13.1. The molecule has 0 aliphatic carbocycles. The first-order chi connectivity index (χ1) is 4.18. The van der Waals surface area contributed by atoms with E-state index in [2.05, 4.69) is 0 Å². The van der Waals surface area contributed by atoms with Crippen molar-refractivity contribution in [2.75, 3.05) is 0 Å². The third-order valence-electron chi connectivity index (χ3n) is 0.819. The van der Waals surface area contributed by atoms with Gasteiger partial charge in [-0.05, 0) is 0 Å². The third-order valence-corrected chi connectivity index (χ3v) is 2.92. The maximum atomic E-state index is 10.1. The molecule has 0 spiro atoms. The number of carbonyl (C=O) groups is 1. The van der Waals surface area contributed by atoms with Gasteiger partial charge >= 0.3 is 60.2 Å². The van der Waals surface area contributed by atoms with Crippen LogP contribution in [0, 0.1) is 0 Å². The molecular formula is C5H11NO2Se. The van der Waals surface area contributed by atoms with E-state index < -0.39 is 12.0 Å². The average Bonchev–Trinajstić information content (AvgIpc) is 1.82. The summed E-state index contributed by atoms with van der Waals surface area (Å²) in [4.78, 5) is 10.1. The molecule has 0 aromatic rings. The Morgan fingerprint density at radius 3 is 2.78 bits per heavy atom. The molecule has 0 aromatic carbocycles. The van der Waals surface area contributed by atoms with Gasteiger partial charge in [0.1, 0.15) is 0 Å². The fourth-order valence-corrected chi connectivity index (χ4v) is 1.64. The van der Waals surface area contributed by atoms with Gasteiger partial charge in [-0.1, -0.05) is 0 Å². The van der Waals surface area contributed by atoms with Crippen molar-refractivity contribution in [3.8, 4) is 0 Å². The zero-order valence-electron chi connectivity index (χ0n) is 5.33. The van der Waals surface area contributed by atoms with Crippen molar-refractivity contribution in [1.29, 1.82) is 0 Å². The van der Waals surface area contributed by atoms with Crippen molar-refractivity contribution >= 4 is 20.9 Å². The molecule has 0 aliphatic rings. The molecule has 0 amide bonds. The van der Waals surface area contributed by atoms with E-state index in [0.29, 0.717) is 20.3 Å². The molecule has 9 heavy (non-hydrogen) atoms. The van der Waals surface area contributed by atoms with Gasteiger partial charge in [-0.2, -0.15) is 0 Å². The van der Waals surface area contributed by atoms with E-state index in [1.807, 2.05) is 6.92 Å². The summed E-state index contributed by atoms with van der Waals surface area (Å²) in [5.41, 5.74) is 5.22. The topological polar surface area (TPSA) is 63.3 Å². The van der Waals surface area contributed by atoms with Crippen LogP contribution < -0.4 is 5.73 Å². The Bertz CT molecular complexity index is 97.0. The van der Waals surface area contributed by atoms with Crippen LogP contribution in [0.15, 0.2) is 0 Å². The molecule has 3 nitrogen and oxygen atoms in total. The first-order valence-corrected chi connectivity index (χ1v) is 5.17. The minimum atomic E-state index is -0.884. The summed E-state index contributed by atoms with van der Waals surface area (Å²) in [7, 11) is 0. The van der Waals surface area contributed by atoms with Crippen LogP contribution in [0.5, 0.6) is 0 Å². The SMILES string of the molecule is CC[Se]C[C@H](N)C(=O)O. The standard InChI is InChI=1S/C5H11NO2Se/c1-2-9-3-4(6)5(7)8/h4H,2-3,6H2,1H3,(H,7,8)/t4-/m0/s1. The van der Waals surface area contributed by atoms with Gasteiger partial charge in [-0.25, -0.2) is 0 Å². The first kappa shape index (κ1) is 8.95. The van der Waals surface area contributed by atoms with Crippen molar-refractivity contribution in [3.05, 3.63) is 0 Å². The fraction of sp³-hybridized carbons (Fsp3) is 0.800. The van der Waals surface area contributed by atoms with Crippen LogP contribution in [-0.2, 0) is 4.79 Å². The van der Waals surface area contributed by atoms with Gasteiger partial charge in [0.05, 0.1) is 0 Å². The molecule has 0 fully saturated rings. The van der Waals surface area contributed by atoms with Crippen molar-refractivity contribution in [3.63, 3.8) is 0 Å². The summed E-state index contributed by atoms with van der Waals surface area (Å²) in [5.74, 6) is -0.884. The number of carboxylic acids is 1. The molecule has 0 unspecified atom stereocenters. The van der Waals surface area contributed by atoms with Gasteiger partial charge in [-0.3, -0.25) is 0 Å². The Labute approximate surface area is 60.8 Å². The van der Waals surface area contributed by atoms with Gasteiger partial charge in [0, 0.05) is 0 Å². The van der Waals surface area contributed by atoms with Crippen LogP contribution in [0.25, 0.3) is 0 Å². The molecule has 0 radical (unpaired) electrons. The van der Waals surface area contributed by atoms with Crippen molar-refractivity contribution in [2.24, 2.45) is 5.73 Å². The second-order valence-electron chi connectivity index (χ2n) is 1.60. The number of rotatable bonds is 4. The predicted octanol–water partition coefficient (Wildman–Crippen LogP) is -0.0410. The second-order valence-corrected chi connectivity index (χ2v) is 4.37.